The summed E-state index contributed by atoms with van der Waals surface area (Å²) >= 11 is 0. The molecule has 224 valence electrons. The number of halogens is 1. The van der Waals surface area contributed by atoms with Crippen LogP contribution in [0, 0.1) is 5.82 Å². The largest absolute Gasteiger partial charge is 0.383 e. The number of para-hydroxylation sites is 2. The second-order valence-corrected chi connectivity index (χ2v) is 11.2. The average Bonchev–Trinajstić information content (AvgIpc) is 3.47. The Kier molecular flexibility index (Phi) is 8.72. The van der Waals surface area contributed by atoms with Crippen molar-refractivity contribution in [3.05, 3.63) is 102 Å². The highest BCUT2D eigenvalue weighted by atomic mass is 19.1. The lowest BCUT2D eigenvalue weighted by atomic mass is 9.79. The van der Waals surface area contributed by atoms with Crippen molar-refractivity contribution < 1.29 is 18.7 Å². The Bertz CT molecular complexity index is 1580. The lowest BCUT2D eigenvalue weighted by Gasteiger charge is -2.41. The van der Waals surface area contributed by atoms with Crippen LogP contribution in [0.4, 0.5) is 10.1 Å². The number of fused-ring (bicyclic) bond motifs is 2. The molecule has 0 bridgehead atoms. The van der Waals surface area contributed by atoms with E-state index in [9.17, 15) is 14.0 Å². The van der Waals surface area contributed by atoms with Gasteiger partial charge in [-0.2, -0.15) is 0 Å². The van der Waals surface area contributed by atoms with Crippen LogP contribution in [0.25, 0.3) is 10.9 Å². The van der Waals surface area contributed by atoms with E-state index >= 15 is 0 Å². The SMILES string of the molecule is COCCN1C(=O)c2ccccc2C(C(=O)NCCCN2CCN(c3ccccc3F)CC2)C1c1c[nH]c2ccccc12. The van der Waals surface area contributed by atoms with Gasteiger partial charge in [-0.3, -0.25) is 14.5 Å². The predicted molar refractivity (Wildman–Crippen MR) is 166 cm³/mol. The van der Waals surface area contributed by atoms with Gasteiger partial charge in [-0.1, -0.05) is 48.5 Å². The third-order valence-electron chi connectivity index (χ3n) is 8.71. The molecule has 0 aliphatic carbocycles. The topological polar surface area (TPSA) is 80.9 Å². The summed E-state index contributed by atoms with van der Waals surface area (Å²) in [6.07, 6.45) is 2.72. The minimum atomic E-state index is -0.575. The van der Waals surface area contributed by atoms with Crippen molar-refractivity contribution in [1.29, 1.82) is 0 Å². The zero-order valence-electron chi connectivity index (χ0n) is 24.5. The summed E-state index contributed by atoms with van der Waals surface area (Å²) in [5.41, 5.74) is 3.85. The number of carbonyl (C=O) groups excluding carboxylic acids is 2. The van der Waals surface area contributed by atoms with Crippen molar-refractivity contribution in [1.82, 2.24) is 20.1 Å². The van der Waals surface area contributed by atoms with Crippen molar-refractivity contribution in [3.63, 3.8) is 0 Å². The number of aromatic amines is 1. The van der Waals surface area contributed by atoms with E-state index in [4.69, 9.17) is 4.74 Å². The summed E-state index contributed by atoms with van der Waals surface area (Å²) < 4.78 is 19.6. The molecule has 4 aromatic rings. The van der Waals surface area contributed by atoms with Crippen LogP contribution in [-0.2, 0) is 9.53 Å². The normalized spacial score (nSPS) is 19.1. The number of anilines is 1. The monoisotopic (exact) mass is 583 g/mol. The molecule has 2 aliphatic rings. The maximum atomic E-state index is 14.2. The van der Waals surface area contributed by atoms with Crippen molar-refractivity contribution in [2.45, 2.75) is 18.4 Å². The van der Waals surface area contributed by atoms with Gasteiger partial charge < -0.3 is 24.8 Å². The van der Waals surface area contributed by atoms with Gasteiger partial charge in [0.25, 0.3) is 5.91 Å². The summed E-state index contributed by atoms with van der Waals surface area (Å²) in [7, 11) is 1.62. The number of nitrogens with one attached hydrogen (secondary N) is 2. The van der Waals surface area contributed by atoms with Crippen molar-refractivity contribution in [2.75, 3.05) is 64.4 Å². The Morgan fingerprint density at radius 3 is 2.51 bits per heavy atom. The maximum Gasteiger partial charge on any atom is 0.254 e. The Hall–Kier alpha value is -4.21. The first kappa shape index (κ1) is 28.9. The van der Waals surface area contributed by atoms with E-state index < -0.39 is 12.0 Å². The molecule has 0 spiro atoms. The number of methoxy groups -OCH3 is 1. The highest BCUT2D eigenvalue weighted by Crippen LogP contribution is 2.44. The minimum absolute atomic E-state index is 0.0954. The molecule has 2 atom stereocenters. The third kappa shape index (κ3) is 5.87. The highest BCUT2D eigenvalue weighted by Gasteiger charge is 2.44. The van der Waals surface area contributed by atoms with E-state index in [0.717, 1.165) is 61.2 Å². The number of nitrogens with zero attached hydrogens (tertiary/aromatic N) is 3. The number of amides is 2. The molecule has 2 amide bonds. The number of carbonyl (C=O) groups is 2. The third-order valence-corrected chi connectivity index (χ3v) is 8.71. The van der Waals surface area contributed by atoms with E-state index in [0.29, 0.717) is 30.9 Å². The number of piperazine rings is 1. The van der Waals surface area contributed by atoms with Crippen LogP contribution in [0.3, 0.4) is 0 Å². The maximum absolute atomic E-state index is 14.2. The van der Waals surface area contributed by atoms with Gasteiger partial charge in [-0.25, -0.2) is 4.39 Å². The van der Waals surface area contributed by atoms with Gasteiger partial charge in [-0.15, -0.1) is 0 Å². The second-order valence-electron chi connectivity index (χ2n) is 11.2. The molecule has 2 unspecified atom stereocenters. The smallest absolute Gasteiger partial charge is 0.254 e. The summed E-state index contributed by atoms with van der Waals surface area (Å²) in [4.78, 5) is 37.4. The molecular formula is C34H38FN5O3. The first-order valence-corrected chi connectivity index (χ1v) is 15.0. The van der Waals surface area contributed by atoms with Crippen LogP contribution >= 0.6 is 0 Å². The fourth-order valence-corrected chi connectivity index (χ4v) is 6.54. The molecule has 1 aromatic heterocycles. The van der Waals surface area contributed by atoms with Crippen molar-refractivity contribution in [2.24, 2.45) is 0 Å². The molecule has 0 saturated carbocycles. The van der Waals surface area contributed by atoms with E-state index in [1.807, 2.05) is 66.9 Å². The van der Waals surface area contributed by atoms with Crippen LogP contribution < -0.4 is 10.2 Å². The van der Waals surface area contributed by atoms with Crippen LogP contribution in [0.1, 0.15) is 39.9 Å². The molecule has 8 nitrogen and oxygen atoms in total. The number of H-pyrrole nitrogens is 1. The van der Waals surface area contributed by atoms with Crippen LogP contribution in [0.5, 0.6) is 0 Å². The van der Waals surface area contributed by atoms with Crippen molar-refractivity contribution >= 4 is 28.4 Å². The Labute approximate surface area is 251 Å². The second kappa shape index (κ2) is 13.0. The summed E-state index contributed by atoms with van der Waals surface area (Å²) in [6, 6.07) is 21.9. The lowest BCUT2D eigenvalue weighted by Crippen LogP contribution is -2.49. The van der Waals surface area contributed by atoms with Gasteiger partial charge in [0.15, 0.2) is 0 Å². The summed E-state index contributed by atoms with van der Waals surface area (Å²) in [6.45, 7) is 5.33. The Balaban J connectivity index is 1.16. The fourth-order valence-electron chi connectivity index (χ4n) is 6.54. The summed E-state index contributed by atoms with van der Waals surface area (Å²) in [5, 5.41) is 4.20. The average molecular weight is 584 g/mol. The lowest BCUT2D eigenvalue weighted by molar-refractivity contribution is -0.124. The molecule has 1 fully saturated rings. The van der Waals surface area contributed by atoms with Gasteiger partial charge in [0.05, 0.1) is 24.3 Å². The number of rotatable bonds is 10. The number of ether oxygens (including phenoxy) is 1. The van der Waals surface area contributed by atoms with Gasteiger partial charge in [0.1, 0.15) is 5.82 Å². The minimum Gasteiger partial charge on any atom is -0.383 e. The molecule has 9 heteroatoms. The number of hydrogen-bond donors (Lipinski definition) is 2. The van der Waals surface area contributed by atoms with Gasteiger partial charge in [-0.05, 0) is 42.8 Å². The zero-order valence-corrected chi connectivity index (χ0v) is 24.5. The van der Waals surface area contributed by atoms with Gasteiger partial charge in [0, 0.05) is 74.6 Å². The highest BCUT2D eigenvalue weighted by molar-refractivity contribution is 6.02. The Morgan fingerprint density at radius 1 is 0.953 bits per heavy atom. The predicted octanol–water partition coefficient (Wildman–Crippen LogP) is 4.56. The van der Waals surface area contributed by atoms with Crippen LogP contribution in [0.15, 0.2) is 79.0 Å². The molecular weight excluding hydrogens is 545 g/mol. The first-order valence-electron chi connectivity index (χ1n) is 15.0. The molecule has 0 radical (unpaired) electrons. The zero-order chi connectivity index (χ0) is 29.8. The molecule has 3 heterocycles. The standard InChI is InChI=1S/C34H38FN5O3/c1-43-22-21-40-32(27-23-37-29-13-6-4-9-24(27)29)31(25-10-2-3-11-26(25)34(40)42)33(41)36-15-8-16-38-17-19-39(20-18-38)30-14-7-5-12-28(30)35/h2-7,9-14,23,31-32,37H,8,15-22H2,1H3,(H,36,41). The summed E-state index contributed by atoms with van der Waals surface area (Å²) in [5.74, 6) is -0.950. The molecule has 6 rings (SSSR count). The van der Waals surface area contributed by atoms with Crippen LogP contribution in [0.2, 0.25) is 0 Å². The molecule has 1 saturated heterocycles. The number of aromatic nitrogens is 1. The quantitative estimate of drug-likeness (QED) is 0.268. The fraction of sp³-hybridized carbons (Fsp3) is 0.353. The molecule has 3 aromatic carbocycles. The van der Waals surface area contributed by atoms with E-state index in [2.05, 4.69) is 20.1 Å². The van der Waals surface area contributed by atoms with Gasteiger partial charge in [0.2, 0.25) is 5.91 Å². The van der Waals surface area contributed by atoms with E-state index in [1.165, 1.54) is 6.07 Å². The van der Waals surface area contributed by atoms with Crippen LogP contribution in [-0.4, -0.2) is 86.1 Å². The Morgan fingerprint density at radius 2 is 1.70 bits per heavy atom. The molecule has 43 heavy (non-hydrogen) atoms. The number of benzene rings is 3. The van der Waals surface area contributed by atoms with Crippen molar-refractivity contribution in [3.8, 4) is 0 Å². The first-order chi connectivity index (χ1) is 21.1. The number of hydrogen-bond acceptors (Lipinski definition) is 5. The molecule has 2 N–H and O–H groups in total. The van der Waals surface area contributed by atoms with E-state index in [-0.39, 0.29) is 17.6 Å². The molecule has 2 aliphatic heterocycles. The van der Waals surface area contributed by atoms with Gasteiger partial charge >= 0.3 is 0 Å². The van der Waals surface area contributed by atoms with E-state index in [1.54, 1.807) is 18.1 Å².